The molecule has 1 saturated heterocycles. The van der Waals surface area contributed by atoms with Crippen LogP contribution in [-0.2, 0) is 11.2 Å². The largest absolute Gasteiger partial charge is 0.508 e. The molecule has 0 spiro atoms. The Morgan fingerprint density at radius 1 is 1.08 bits per heavy atom. The van der Waals surface area contributed by atoms with Crippen LogP contribution in [0.4, 0.5) is 0 Å². The zero-order valence-electron chi connectivity index (χ0n) is 14.6. The van der Waals surface area contributed by atoms with Crippen LogP contribution in [0, 0.1) is 0 Å². The SMILES string of the molecule is C[C@@](O)(Cc1ccccc1)C(=O)N1CCC(c2ccc(O)cc2)CC1. The summed E-state index contributed by atoms with van der Waals surface area (Å²) in [4.78, 5) is 14.5. The van der Waals surface area contributed by atoms with Gasteiger partial charge in [0.2, 0.25) is 0 Å². The van der Waals surface area contributed by atoms with Crippen molar-refractivity contribution in [2.45, 2.75) is 37.7 Å². The lowest BCUT2D eigenvalue weighted by Crippen LogP contribution is -2.50. The van der Waals surface area contributed by atoms with Crippen LogP contribution in [0.3, 0.4) is 0 Å². The number of rotatable bonds is 4. The Bertz CT molecular complexity index is 702. The second-order valence-electron chi connectivity index (χ2n) is 7.09. The minimum Gasteiger partial charge on any atom is -0.508 e. The Balaban J connectivity index is 1.60. The predicted octanol–water partition coefficient (Wildman–Crippen LogP) is 3.09. The fourth-order valence-corrected chi connectivity index (χ4v) is 3.57. The van der Waals surface area contributed by atoms with Gasteiger partial charge in [-0.1, -0.05) is 42.5 Å². The van der Waals surface area contributed by atoms with Gasteiger partial charge in [-0.2, -0.15) is 0 Å². The second kappa shape index (κ2) is 7.28. The van der Waals surface area contributed by atoms with Crippen molar-refractivity contribution in [2.75, 3.05) is 13.1 Å². The van der Waals surface area contributed by atoms with Gasteiger partial charge in [0.25, 0.3) is 5.91 Å². The number of benzene rings is 2. The number of hydrogen-bond acceptors (Lipinski definition) is 3. The monoisotopic (exact) mass is 339 g/mol. The summed E-state index contributed by atoms with van der Waals surface area (Å²) in [6, 6.07) is 16.9. The summed E-state index contributed by atoms with van der Waals surface area (Å²) in [7, 11) is 0. The van der Waals surface area contributed by atoms with Crippen molar-refractivity contribution in [3.05, 3.63) is 65.7 Å². The Morgan fingerprint density at radius 2 is 1.68 bits per heavy atom. The molecule has 0 aromatic heterocycles. The van der Waals surface area contributed by atoms with E-state index in [1.54, 1.807) is 24.0 Å². The van der Waals surface area contributed by atoms with E-state index in [-0.39, 0.29) is 11.7 Å². The zero-order valence-corrected chi connectivity index (χ0v) is 14.6. The number of amides is 1. The maximum absolute atomic E-state index is 12.8. The number of carbonyl (C=O) groups excluding carboxylic acids is 1. The Hall–Kier alpha value is -2.33. The fraction of sp³-hybridized carbons (Fsp3) is 0.381. The van der Waals surface area contributed by atoms with Crippen molar-refractivity contribution < 1.29 is 15.0 Å². The first-order valence-electron chi connectivity index (χ1n) is 8.80. The number of phenols is 1. The smallest absolute Gasteiger partial charge is 0.254 e. The summed E-state index contributed by atoms with van der Waals surface area (Å²) < 4.78 is 0. The van der Waals surface area contributed by atoms with Crippen LogP contribution in [0.2, 0.25) is 0 Å². The van der Waals surface area contributed by atoms with E-state index in [1.165, 1.54) is 5.56 Å². The number of aliphatic hydroxyl groups is 1. The first-order chi connectivity index (χ1) is 12.0. The average molecular weight is 339 g/mol. The Morgan fingerprint density at radius 3 is 2.28 bits per heavy atom. The topological polar surface area (TPSA) is 60.8 Å². The van der Waals surface area contributed by atoms with Gasteiger partial charge in [-0.3, -0.25) is 4.79 Å². The van der Waals surface area contributed by atoms with Crippen molar-refractivity contribution in [3.63, 3.8) is 0 Å². The Labute approximate surface area is 148 Å². The number of piperidine rings is 1. The summed E-state index contributed by atoms with van der Waals surface area (Å²) in [6.45, 7) is 2.90. The standard InChI is InChI=1S/C21H25NO3/c1-21(25,15-16-5-3-2-4-6-16)20(24)22-13-11-18(12-14-22)17-7-9-19(23)10-8-17/h2-10,18,23,25H,11-15H2,1H3/t21-/m1/s1. The summed E-state index contributed by atoms with van der Waals surface area (Å²) in [5, 5.41) is 20.1. The van der Waals surface area contributed by atoms with Crippen LogP contribution in [0.5, 0.6) is 5.75 Å². The van der Waals surface area contributed by atoms with E-state index in [0.29, 0.717) is 25.4 Å². The third-order valence-electron chi connectivity index (χ3n) is 5.00. The van der Waals surface area contributed by atoms with Crippen LogP contribution in [0.1, 0.15) is 36.8 Å². The molecule has 25 heavy (non-hydrogen) atoms. The first kappa shape index (κ1) is 17.5. The molecule has 0 radical (unpaired) electrons. The van der Waals surface area contributed by atoms with Crippen molar-refractivity contribution in [1.82, 2.24) is 4.90 Å². The second-order valence-corrected chi connectivity index (χ2v) is 7.09. The van der Waals surface area contributed by atoms with Crippen LogP contribution in [-0.4, -0.2) is 39.7 Å². The highest BCUT2D eigenvalue weighted by Gasteiger charge is 2.36. The highest BCUT2D eigenvalue weighted by molar-refractivity contribution is 5.85. The molecule has 1 atom stereocenters. The van der Waals surface area contributed by atoms with Gasteiger partial charge >= 0.3 is 0 Å². The van der Waals surface area contributed by atoms with E-state index < -0.39 is 5.60 Å². The molecule has 0 unspecified atom stereocenters. The van der Waals surface area contributed by atoms with Crippen LogP contribution < -0.4 is 0 Å². The molecule has 2 aromatic rings. The van der Waals surface area contributed by atoms with E-state index >= 15 is 0 Å². The zero-order chi connectivity index (χ0) is 17.9. The molecule has 0 saturated carbocycles. The molecule has 0 bridgehead atoms. The molecule has 4 heteroatoms. The molecule has 4 nitrogen and oxygen atoms in total. The molecule has 1 aliphatic rings. The summed E-state index contributed by atoms with van der Waals surface area (Å²) >= 11 is 0. The minimum atomic E-state index is -1.38. The van der Waals surface area contributed by atoms with Gasteiger partial charge in [-0.25, -0.2) is 0 Å². The van der Waals surface area contributed by atoms with Crippen molar-refractivity contribution >= 4 is 5.91 Å². The van der Waals surface area contributed by atoms with E-state index in [9.17, 15) is 15.0 Å². The van der Waals surface area contributed by atoms with Crippen LogP contribution >= 0.6 is 0 Å². The van der Waals surface area contributed by atoms with Gasteiger partial charge in [0, 0.05) is 19.5 Å². The summed E-state index contributed by atoms with van der Waals surface area (Å²) in [5.41, 5.74) is 0.771. The van der Waals surface area contributed by atoms with E-state index in [1.807, 2.05) is 42.5 Å². The number of phenolic OH excluding ortho intramolecular Hbond substituents is 1. The number of aromatic hydroxyl groups is 1. The maximum Gasteiger partial charge on any atom is 0.254 e. The first-order valence-corrected chi connectivity index (χ1v) is 8.80. The fourth-order valence-electron chi connectivity index (χ4n) is 3.57. The molecule has 1 amide bonds. The highest BCUT2D eigenvalue weighted by Crippen LogP contribution is 2.30. The average Bonchev–Trinajstić information content (AvgIpc) is 2.62. The number of carbonyl (C=O) groups is 1. The third kappa shape index (κ3) is 4.20. The van der Waals surface area contributed by atoms with Crippen molar-refractivity contribution in [3.8, 4) is 5.75 Å². The number of hydrogen-bond donors (Lipinski definition) is 2. The molecule has 2 N–H and O–H groups in total. The minimum absolute atomic E-state index is 0.194. The molecule has 3 rings (SSSR count). The molecule has 1 fully saturated rings. The lowest BCUT2D eigenvalue weighted by Gasteiger charge is -2.36. The van der Waals surface area contributed by atoms with Crippen LogP contribution in [0.25, 0.3) is 0 Å². The van der Waals surface area contributed by atoms with E-state index in [0.717, 1.165) is 18.4 Å². The van der Waals surface area contributed by atoms with Gasteiger partial charge in [0.05, 0.1) is 0 Å². The lowest BCUT2D eigenvalue weighted by molar-refractivity contribution is -0.150. The molecule has 1 heterocycles. The summed E-state index contributed by atoms with van der Waals surface area (Å²) in [6.07, 6.45) is 2.07. The molecular formula is C21H25NO3. The molecule has 2 aromatic carbocycles. The normalized spacial score (nSPS) is 17.9. The van der Waals surface area contributed by atoms with Crippen LogP contribution in [0.15, 0.2) is 54.6 Å². The van der Waals surface area contributed by atoms with Crippen molar-refractivity contribution in [2.24, 2.45) is 0 Å². The van der Waals surface area contributed by atoms with E-state index in [4.69, 9.17) is 0 Å². The van der Waals surface area contributed by atoms with Gasteiger partial charge in [0.15, 0.2) is 0 Å². The predicted molar refractivity (Wildman–Crippen MR) is 97.4 cm³/mol. The molecule has 0 aliphatic carbocycles. The quantitative estimate of drug-likeness (QED) is 0.900. The number of nitrogens with zero attached hydrogens (tertiary/aromatic N) is 1. The number of likely N-dealkylation sites (tertiary alicyclic amines) is 1. The molecular weight excluding hydrogens is 314 g/mol. The van der Waals surface area contributed by atoms with Gasteiger partial charge < -0.3 is 15.1 Å². The Kier molecular flexibility index (Phi) is 5.09. The highest BCUT2D eigenvalue weighted by atomic mass is 16.3. The maximum atomic E-state index is 12.8. The molecule has 1 aliphatic heterocycles. The third-order valence-corrected chi connectivity index (χ3v) is 5.00. The van der Waals surface area contributed by atoms with Gasteiger partial charge in [-0.05, 0) is 48.9 Å². The lowest BCUT2D eigenvalue weighted by atomic mass is 9.88. The van der Waals surface area contributed by atoms with Gasteiger partial charge in [0.1, 0.15) is 11.4 Å². The van der Waals surface area contributed by atoms with Crippen molar-refractivity contribution in [1.29, 1.82) is 0 Å². The van der Waals surface area contributed by atoms with Gasteiger partial charge in [-0.15, -0.1) is 0 Å². The van der Waals surface area contributed by atoms with E-state index in [2.05, 4.69) is 0 Å². The summed E-state index contributed by atoms with van der Waals surface area (Å²) in [5.74, 6) is 0.470. The molecule has 132 valence electrons.